The number of nitrogens with zero attached hydrogens (tertiary/aromatic N) is 6. The van der Waals surface area contributed by atoms with Crippen molar-refractivity contribution in [3.63, 3.8) is 0 Å². The van der Waals surface area contributed by atoms with Crippen molar-refractivity contribution < 1.29 is 32.5 Å². The van der Waals surface area contributed by atoms with E-state index in [1.807, 2.05) is 4.90 Å². The second-order valence-electron chi connectivity index (χ2n) is 11.9. The van der Waals surface area contributed by atoms with Gasteiger partial charge < -0.3 is 19.5 Å². The fourth-order valence-electron chi connectivity index (χ4n) is 7.00. The van der Waals surface area contributed by atoms with E-state index in [0.29, 0.717) is 48.8 Å². The molecule has 3 atom stereocenters. The lowest BCUT2D eigenvalue weighted by molar-refractivity contribution is 0.157. The molecule has 0 saturated carbocycles. The van der Waals surface area contributed by atoms with Crippen LogP contribution in [0.15, 0.2) is 30.5 Å². The average molecular weight is 633 g/mol. The van der Waals surface area contributed by atoms with Gasteiger partial charge in [0.15, 0.2) is 5.82 Å². The van der Waals surface area contributed by atoms with Gasteiger partial charge in [0.2, 0.25) is 0 Å². The lowest BCUT2D eigenvalue weighted by Gasteiger charge is -2.36. The number of terminal acetylenes is 1. The van der Waals surface area contributed by atoms with E-state index in [4.69, 9.17) is 15.9 Å². The Morgan fingerprint density at radius 2 is 1.98 bits per heavy atom. The number of aromatic nitrogens is 3. The number of piperazine rings is 1. The Hall–Kier alpha value is -4.83. The zero-order valence-electron chi connectivity index (χ0n) is 25.0. The van der Waals surface area contributed by atoms with Crippen molar-refractivity contribution in [1.82, 2.24) is 24.8 Å². The standard InChI is InChI=1S/C26H19F2N5O4.C7H12FN/c1-3-16-19(27)5-4-13-8-15(34)9-17(20(13)16)22-21(28)23-18(10-29-22)24(31-25(30-23)36-2)32-6-7-33-14(11-32)12-37-26(33)35;8-6-4-7-2-1-3-9(7)5-6/h1,4-5,8-10,14,34H,6-7,11-12H2,2H3;6-7H,1-5H2. The molecule has 0 radical (unpaired) electrons. The maximum Gasteiger partial charge on any atom is 0.410 e. The predicted molar refractivity (Wildman–Crippen MR) is 165 cm³/mol. The Kier molecular flexibility index (Phi) is 7.68. The monoisotopic (exact) mass is 632 g/mol. The summed E-state index contributed by atoms with van der Waals surface area (Å²) in [6.07, 6.45) is 9.46. The molecular weight excluding hydrogens is 601 g/mol. The highest BCUT2D eigenvalue weighted by molar-refractivity contribution is 6.03. The molecule has 0 spiro atoms. The van der Waals surface area contributed by atoms with Crippen LogP contribution in [0.2, 0.25) is 0 Å². The van der Waals surface area contributed by atoms with Gasteiger partial charge >= 0.3 is 12.1 Å². The number of benzene rings is 2. The molecule has 4 saturated heterocycles. The summed E-state index contributed by atoms with van der Waals surface area (Å²) in [5.41, 5.74) is -0.179. The van der Waals surface area contributed by atoms with Crippen LogP contribution in [-0.2, 0) is 4.74 Å². The van der Waals surface area contributed by atoms with Gasteiger partial charge in [-0.3, -0.25) is 14.8 Å². The summed E-state index contributed by atoms with van der Waals surface area (Å²) in [7, 11) is 1.37. The van der Waals surface area contributed by atoms with Crippen LogP contribution in [0.3, 0.4) is 0 Å². The van der Waals surface area contributed by atoms with Crippen LogP contribution < -0.4 is 9.64 Å². The molecule has 4 aromatic rings. The number of anilines is 1. The van der Waals surface area contributed by atoms with E-state index in [2.05, 4.69) is 25.8 Å². The number of carbonyl (C=O) groups excluding carboxylic acids is 1. The van der Waals surface area contributed by atoms with Gasteiger partial charge in [0.25, 0.3) is 0 Å². The zero-order chi connectivity index (χ0) is 32.1. The van der Waals surface area contributed by atoms with Gasteiger partial charge in [-0.05, 0) is 49.4 Å². The highest BCUT2D eigenvalue weighted by Crippen LogP contribution is 2.39. The molecule has 10 nitrogen and oxygen atoms in total. The largest absolute Gasteiger partial charge is 0.508 e. The van der Waals surface area contributed by atoms with Crippen molar-refractivity contribution >= 4 is 33.6 Å². The summed E-state index contributed by atoms with van der Waals surface area (Å²) in [6.45, 7) is 3.39. The van der Waals surface area contributed by atoms with Crippen molar-refractivity contribution in [1.29, 1.82) is 0 Å². The normalized spacial score (nSPS) is 22.3. The van der Waals surface area contributed by atoms with E-state index in [0.717, 1.165) is 13.0 Å². The molecule has 1 amide bonds. The molecule has 0 bridgehead atoms. The summed E-state index contributed by atoms with van der Waals surface area (Å²) in [5, 5.41) is 11.3. The first-order chi connectivity index (χ1) is 22.2. The fraction of sp³-hybridized carbons (Fsp3) is 0.394. The smallest absolute Gasteiger partial charge is 0.410 e. The Morgan fingerprint density at radius 3 is 2.76 bits per heavy atom. The molecule has 6 heterocycles. The minimum atomic E-state index is -0.809. The SMILES string of the molecule is C#Cc1c(F)ccc2cc(O)cc(-c3ncc4c(N5CCN6C(=O)OCC6C5)nc(OC)nc4c3F)c12.FC1CC2CCCN2C1. The first-order valence-corrected chi connectivity index (χ1v) is 15.1. The van der Waals surface area contributed by atoms with Crippen LogP contribution in [0.4, 0.5) is 23.8 Å². The molecule has 4 aliphatic rings. The number of rotatable bonds is 3. The molecule has 1 N–H and O–H groups in total. The zero-order valence-corrected chi connectivity index (χ0v) is 25.0. The summed E-state index contributed by atoms with van der Waals surface area (Å²) >= 11 is 0. The van der Waals surface area contributed by atoms with E-state index < -0.39 is 17.8 Å². The van der Waals surface area contributed by atoms with Crippen LogP contribution in [-0.4, -0.2) is 101 Å². The third-order valence-corrected chi connectivity index (χ3v) is 9.15. The summed E-state index contributed by atoms with van der Waals surface area (Å²) in [5.74, 6) is 1.10. The van der Waals surface area contributed by atoms with Gasteiger partial charge in [0, 0.05) is 49.4 Å². The lowest BCUT2D eigenvalue weighted by Crippen LogP contribution is -2.52. The lowest BCUT2D eigenvalue weighted by atomic mass is 9.96. The molecule has 13 heteroatoms. The Balaban J connectivity index is 0.000000321. The number of aromatic hydroxyl groups is 1. The van der Waals surface area contributed by atoms with Gasteiger partial charge in [-0.1, -0.05) is 12.0 Å². The number of methoxy groups -OCH3 is 1. The fourth-order valence-corrected chi connectivity index (χ4v) is 7.00. The number of halogens is 3. The Morgan fingerprint density at radius 1 is 1.13 bits per heavy atom. The molecule has 46 heavy (non-hydrogen) atoms. The Labute approximate surface area is 262 Å². The Bertz CT molecular complexity index is 1890. The third kappa shape index (κ3) is 5.16. The first kappa shape index (κ1) is 29.9. The van der Waals surface area contributed by atoms with Crippen LogP contribution in [0.5, 0.6) is 11.8 Å². The molecule has 2 aromatic heterocycles. The number of phenolic OH excluding ortho intramolecular Hbond substituents is 1. The molecule has 8 rings (SSSR count). The van der Waals surface area contributed by atoms with Gasteiger partial charge in [-0.25, -0.2) is 18.0 Å². The molecule has 4 aliphatic heterocycles. The van der Waals surface area contributed by atoms with Gasteiger partial charge in [-0.2, -0.15) is 9.97 Å². The van der Waals surface area contributed by atoms with E-state index in [-0.39, 0.29) is 58.2 Å². The number of carbonyl (C=O) groups is 1. The summed E-state index contributed by atoms with van der Waals surface area (Å²) < 4.78 is 53.7. The summed E-state index contributed by atoms with van der Waals surface area (Å²) in [4.78, 5) is 30.8. The van der Waals surface area contributed by atoms with Gasteiger partial charge in [0.1, 0.15) is 41.4 Å². The van der Waals surface area contributed by atoms with Gasteiger partial charge in [0.05, 0.1) is 24.1 Å². The summed E-state index contributed by atoms with van der Waals surface area (Å²) in [6, 6.07) is 5.74. The molecule has 3 unspecified atom stereocenters. The van der Waals surface area contributed by atoms with E-state index in [1.165, 1.54) is 50.4 Å². The van der Waals surface area contributed by atoms with Crippen molar-refractivity contribution in [2.24, 2.45) is 0 Å². The van der Waals surface area contributed by atoms with Crippen LogP contribution >= 0.6 is 0 Å². The number of amides is 1. The molecule has 2 aromatic carbocycles. The molecule has 4 fully saturated rings. The van der Waals surface area contributed by atoms with Crippen molar-refractivity contribution in [3.05, 3.63) is 47.7 Å². The minimum Gasteiger partial charge on any atom is -0.508 e. The maximum atomic E-state index is 16.2. The molecule has 238 valence electrons. The van der Waals surface area contributed by atoms with Crippen molar-refractivity contribution in [3.8, 4) is 35.4 Å². The highest BCUT2D eigenvalue weighted by atomic mass is 19.1. The number of hydrogen-bond acceptors (Lipinski definition) is 9. The second-order valence-corrected chi connectivity index (χ2v) is 11.9. The second kappa shape index (κ2) is 11.8. The first-order valence-electron chi connectivity index (χ1n) is 15.1. The topological polar surface area (TPSA) is 104 Å². The van der Waals surface area contributed by atoms with Crippen LogP contribution in [0.25, 0.3) is 32.9 Å². The quantitative estimate of drug-likeness (QED) is 0.323. The van der Waals surface area contributed by atoms with E-state index >= 15 is 4.39 Å². The third-order valence-electron chi connectivity index (χ3n) is 9.15. The number of cyclic esters (lactones) is 1. The average Bonchev–Trinajstić information content (AvgIpc) is 3.75. The molecular formula is C33H31F3N6O4. The number of fused-ring (bicyclic) bond motifs is 4. The van der Waals surface area contributed by atoms with Gasteiger partial charge in [-0.15, -0.1) is 6.42 Å². The van der Waals surface area contributed by atoms with Crippen molar-refractivity contribution in [2.45, 2.75) is 37.5 Å². The minimum absolute atomic E-state index is 0.0594. The van der Waals surface area contributed by atoms with Crippen LogP contribution in [0, 0.1) is 24.0 Å². The maximum absolute atomic E-state index is 16.2. The predicted octanol–water partition coefficient (Wildman–Crippen LogP) is 4.65. The van der Waals surface area contributed by atoms with Crippen molar-refractivity contribution in [2.75, 3.05) is 51.3 Å². The number of pyridine rings is 1. The number of alkyl halides is 1. The number of ether oxygens (including phenoxy) is 2. The number of hydrogen-bond donors (Lipinski definition) is 1. The van der Waals surface area contributed by atoms with Crippen LogP contribution in [0.1, 0.15) is 24.8 Å². The number of phenols is 1. The van der Waals surface area contributed by atoms with E-state index in [9.17, 15) is 18.7 Å². The molecule has 0 aliphatic carbocycles. The highest BCUT2D eigenvalue weighted by Gasteiger charge is 2.39. The van der Waals surface area contributed by atoms with E-state index in [1.54, 1.807) is 4.90 Å².